The summed E-state index contributed by atoms with van der Waals surface area (Å²) in [7, 11) is -1.72. The van der Waals surface area contributed by atoms with Gasteiger partial charge in [0.15, 0.2) is 0 Å². The number of carbonyl (C=O) groups excluding carboxylic acids is 1. The van der Waals surface area contributed by atoms with Crippen LogP contribution in [0.1, 0.15) is 25.8 Å². The van der Waals surface area contributed by atoms with Gasteiger partial charge in [0.1, 0.15) is 6.04 Å². The molecule has 1 aliphatic rings. The average Bonchev–Trinajstić information content (AvgIpc) is 2.54. The minimum atomic E-state index is -3.74. The Morgan fingerprint density at radius 1 is 1.16 bits per heavy atom. The number of carbonyl (C=O) groups is 1. The molecular weight excluding hydrogens is 338 g/mol. The third-order valence-electron chi connectivity index (χ3n) is 4.50. The summed E-state index contributed by atoms with van der Waals surface area (Å²) >= 11 is 0. The molecule has 1 N–H and O–H groups in total. The Kier molecular flexibility index (Phi) is 6.59. The van der Waals surface area contributed by atoms with Crippen molar-refractivity contribution in [3.05, 3.63) is 29.8 Å². The largest absolute Gasteiger partial charge is 0.339 e. The van der Waals surface area contributed by atoms with Crippen molar-refractivity contribution >= 4 is 15.9 Å². The zero-order valence-electron chi connectivity index (χ0n) is 15.5. The summed E-state index contributed by atoms with van der Waals surface area (Å²) in [5.74, 6) is 0.0833. The highest BCUT2D eigenvalue weighted by Gasteiger charge is 2.31. The maximum atomic E-state index is 12.9. The fraction of sp³-hybridized carbons (Fsp3) is 0.611. The summed E-state index contributed by atoms with van der Waals surface area (Å²) in [4.78, 5) is 17.1. The first-order valence-electron chi connectivity index (χ1n) is 8.76. The third kappa shape index (κ3) is 5.26. The number of aryl methyl sites for hydroxylation is 1. The molecule has 1 aromatic carbocycles. The van der Waals surface area contributed by atoms with Crippen LogP contribution in [0.4, 0.5) is 0 Å². The summed E-state index contributed by atoms with van der Waals surface area (Å²) in [6.07, 6.45) is 0.482. The van der Waals surface area contributed by atoms with Gasteiger partial charge in [-0.15, -0.1) is 0 Å². The third-order valence-corrected chi connectivity index (χ3v) is 6.13. The lowest BCUT2D eigenvalue weighted by atomic mass is 10.0. The highest BCUT2D eigenvalue weighted by molar-refractivity contribution is 7.89. The van der Waals surface area contributed by atoms with Gasteiger partial charge in [-0.1, -0.05) is 32.0 Å². The summed E-state index contributed by atoms with van der Waals surface area (Å²) in [5, 5.41) is 0. The SMILES string of the molecule is Cc1ccccc1S(=O)(=O)N[C@H](CC(C)C)C(=O)N1CCN(C)CC1. The summed E-state index contributed by atoms with van der Waals surface area (Å²) in [5.41, 5.74) is 0.672. The van der Waals surface area contributed by atoms with E-state index in [0.717, 1.165) is 13.1 Å². The summed E-state index contributed by atoms with van der Waals surface area (Å²) in [6.45, 7) is 8.63. The second kappa shape index (κ2) is 8.29. The number of amides is 1. The molecule has 0 spiro atoms. The molecule has 140 valence electrons. The van der Waals surface area contributed by atoms with Crippen LogP contribution in [0, 0.1) is 12.8 Å². The second-order valence-corrected chi connectivity index (χ2v) is 8.88. The molecule has 1 heterocycles. The molecule has 1 saturated heterocycles. The van der Waals surface area contributed by atoms with E-state index in [-0.39, 0.29) is 16.7 Å². The number of hydrogen-bond donors (Lipinski definition) is 1. The Balaban J connectivity index is 2.20. The number of nitrogens with zero attached hydrogens (tertiary/aromatic N) is 2. The molecule has 0 aromatic heterocycles. The van der Waals surface area contributed by atoms with Gasteiger partial charge in [0.2, 0.25) is 15.9 Å². The number of sulfonamides is 1. The molecule has 6 nitrogen and oxygen atoms in total. The standard InChI is InChI=1S/C18H29N3O3S/c1-14(2)13-16(18(22)21-11-9-20(4)10-12-21)19-25(23,24)17-8-6-5-7-15(17)3/h5-8,14,16,19H,9-13H2,1-4H3/t16-/m1/s1. The summed E-state index contributed by atoms with van der Waals surface area (Å²) in [6, 6.07) is 6.10. The molecule has 1 aliphatic heterocycles. The van der Waals surface area contributed by atoms with Crippen LogP contribution in [0.25, 0.3) is 0 Å². The minimum Gasteiger partial charge on any atom is -0.339 e. The molecule has 0 bridgehead atoms. The van der Waals surface area contributed by atoms with Gasteiger partial charge >= 0.3 is 0 Å². The van der Waals surface area contributed by atoms with Crippen molar-refractivity contribution in [2.45, 2.75) is 38.1 Å². The number of benzene rings is 1. The van der Waals surface area contributed by atoms with Gasteiger partial charge in [-0.2, -0.15) is 4.72 Å². The van der Waals surface area contributed by atoms with E-state index < -0.39 is 16.1 Å². The lowest BCUT2D eigenvalue weighted by Gasteiger charge is -2.35. The predicted molar refractivity (Wildman–Crippen MR) is 98.8 cm³/mol. The topological polar surface area (TPSA) is 69.7 Å². The van der Waals surface area contributed by atoms with Crippen molar-refractivity contribution in [1.29, 1.82) is 0 Å². The highest BCUT2D eigenvalue weighted by Crippen LogP contribution is 2.17. The number of rotatable bonds is 6. The van der Waals surface area contributed by atoms with E-state index in [0.29, 0.717) is 25.1 Å². The van der Waals surface area contributed by atoms with E-state index in [4.69, 9.17) is 0 Å². The van der Waals surface area contributed by atoms with Gasteiger partial charge in [-0.25, -0.2) is 8.42 Å². The lowest BCUT2D eigenvalue weighted by molar-refractivity contribution is -0.135. The second-order valence-electron chi connectivity index (χ2n) is 7.20. The van der Waals surface area contributed by atoms with Crippen molar-refractivity contribution in [3.8, 4) is 0 Å². The number of likely N-dealkylation sites (N-methyl/N-ethyl adjacent to an activating group) is 1. The maximum absolute atomic E-state index is 12.9. The number of piperazine rings is 1. The van der Waals surface area contributed by atoms with E-state index in [1.165, 1.54) is 0 Å². The van der Waals surface area contributed by atoms with Crippen LogP contribution in [0.5, 0.6) is 0 Å². The predicted octanol–water partition coefficient (Wildman–Crippen LogP) is 1.46. The Morgan fingerprint density at radius 2 is 1.76 bits per heavy atom. The number of hydrogen-bond acceptors (Lipinski definition) is 4. The van der Waals surface area contributed by atoms with Crippen molar-refractivity contribution in [3.63, 3.8) is 0 Å². The van der Waals surface area contributed by atoms with Crippen LogP contribution < -0.4 is 4.72 Å². The van der Waals surface area contributed by atoms with Gasteiger partial charge in [0, 0.05) is 26.2 Å². The van der Waals surface area contributed by atoms with Gasteiger partial charge in [0.25, 0.3) is 0 Å². The molecular formula is C18H29N3O3S. The first kappa shape index (κ1) is 19.9. The van der Waals surface area contributed by atoms with Crippen LogP contribution in [-0.2, 0) is 14.8 Å². The van der Waals surface area contributed by atoms with Crippen molar-refractivity contribution < 1.29 is 13.2 Å². The summed E-state index contributed by atoms with van der Waals surface area (Å²) < 4.78 is 28.2. The lowest BCUT2D eigenvalue weighted by Crippen LogP contribution is -2.54. The molecule has 0 unspecified atom stereocenters. The molecule has 0 aliphatic carbocycles. The van der Waals surface area contributed by atoms with Crippen molar-refractivity contribution in [1.82, 2.24) is 14.5 Å². The smallest absolute Gasteiger partial charge is 0.241 e. The monoisotopic (exact) mass is 367 g/mol. The van der Waals surface area contributed by atoms with Crippen LogP contribution >= 0.6 is 0 Å². The van der Waals surface area contributed by atoms with E-state index in [1.807, 2.05) is 20.9 Å². The van der Waals surface area contributed by atoms with E-state index in [2.05, 4.69) is 9.62 Å². The fourth-order valence-corrected chi connectivity index (χ4v) is 4.47. The average molecular weight is 368 g/mol. The molecule has 2 rings (SSSR count). The Hall–Kier alpha value is -1.44. The van der Waals surface area contributed by atoms with E-state index in [9.17, 15) is 13.2 Å². The molecule has 1 atom stereocenters. The van der Waals surface area contributed by atoms with Crippen LogP contribution in [0.15, 0.2) is 29.2 Å². The Morgan fingerprint density at radius 3 is 2.32 bits per heavy atom. The zero-order valence-corrected chi connectivity index (χ0v) is 16.3. The van der Waals surface area contributed by atoms with Crippen molar-refractivity contribution in [2.24, 2.45) is 5.92 Å². The zero-order chi connectivity index (χ0) is 18.6. The molecule has 25 heavy (non-hydrogen) atoms. The van der Waals surface area contributed by atoms with Gasteiger partial charge in [-0.05, 0) is 37.9 Å². The normalized spacial score (nSPS) is 17.7. The molecule has 1 amide bonds. The Labute approximate surface area is 151 Å². The maximum Gasteiger partial charge on any atom is 0.241 e. The van der Waals surface area contributed by atoms with Crippen molar-refractivity contribution in [2.75, 3.05) is 33.2 Å². The fourth-order valence-electron chi connectivity index (χ4n) is 3.03. The Bertz CT molecular complexity index is 695. The van der Waals surface area contributed by atoms with Crippen LogP contribution in [-0.4, -0.2) is 63.4 Å². The molecule has 1 fully saturated rings. The highest BCUT2D eigenvalue weighted by atomic mass is 32.2. The van der Waals surface area contributed by atoms with E-state index in [1.54, 1.807) is 36.1 Å². The first-order chi connectivity index (χ1) is 11.7. The number of nitrogens with one attached hydrogen (secondary N) is 1. The molecule has 7 heteroatoms. The van der Waals surface area contributed by atoms with Gasteiger partial charge in [-0.3, -0.25) is 4.79 Å². The van der Waals surface area contributed by atoms with Gasteiger partial charge < -0.3 is 9.80 Å². The molecule has 0 saturated carbocycles. The van der Waals surface area contributed by atoms with Crippen LogP contribution in [0.2, 0.25) is 0 Å². The molecule has 0 radical (unpaired) electrons. The minimum absolute atomic E-state index is 0.126. The van der Waals surface area contributed by atoms with E-state index >= 15 is 0 Å². The van der Waals surface area contributed by atoms with Gasteiger partial charge in [0.05, 0.1) is 4.90 Å². The first-order valence-corrected chi connectivity index (χ1v) is 10.2. The molecule has 1 aromatic rings. The quantitative estimate of drug-likeness (QED) is 0.826. The van der Waals surface area contributed by atoms with Crippen LogP contribution in [0.3, 0.4) is 0 Å².